The van der Waals surface area contributed by atoms with Crippen molar-refractivity contribution in [3.63, 3.8) is 0 Å². The Labute approximate surface area is 173 Å². The molecule has 1 amide bonds. The number of anilines is 1. The van der Waals surface area contributed by atoms with E-state index >= 15 is 0 Å². The summed E-state index contributed by atoms with van der Waals surface area (Å²) in [5.41, 5.74) is 0.245. The van der Waals surface area contributed by atoms with Gasteiger partial charge in [-0.3, -0.25) is 9.59 Å². The van der Waals surface area contributed by atoms with Crippen molar-refractivity contribution >= 4 is 28.5 Å². The Bertz CT molecular complexity index is 1160. The predicted molar refractivity (Wildman–Crippen MR) is 115 cm³/mol. The van der Waals surface area contributed by atoms with E-state index in [2.05, 4.69) is 11.9 Å². The highest BCUT2D eigenvalue weighted by atomic mass is 16.5. The summed E-state index contributed by atoms with van der Waals surface area (Å²) in [6.07, 6.45) is 2.27. The van der Waals surface area contributed by atoms with Crippen LogP contribution in [0.2, 0.25) is 0 Å². The molecule has 0 aliphatic rings. The Balaban J connectivity index is 1.93. The number of nitrogens with zero attached hydrogens (tertiary/aromatic N) is 1. The normalized spacial score (nSPS) is 10.6. The minimum Gasteiger partial charge on any atom is -0.506 e. The number of aromatic nitrogens is 1. The van der Waals surface area contributed by atoms with Gasteiger partial charge in [-0.05, 0) is 42.8 Å². The topological polar surface area (TPSA) is 97.6 Å². The molecule has 2 N–H and O–H groups in total. The van der Waals surface area contributed by atoms with Crippen molar-refractivity contribution in [1.29, 1.82) is 0 Å². The maximum atomic E-state index is 12.9. The average molecular weight is 406 g/mol. The SMILES string of the molecule is C=CCn1c(=O)c(C(=O)Nc2ccc(C(=O)OCCC)cc2)c(O)c2ccccc21. The molecule has 1 heterocycles. The lowest BCUT2D eigenvalue weighted by Crippen LogP contribution is -2.29. The van der Waals surface area contributed by atoms with Gasteiger partial charge in [-0.2, -0.15) is 0 Å². The second kappa shape index (κ2) is 9.09. The zero-order valence-electron chi connectivity index (χ0n) is 16.6. The first kappa shape index (κ1) is 20.9. The number of aromatic hydroxyl groups is 1. The molecular weight excluding hydrogens is 384 g/mol. The van der Waals surface area contributed by atoms with Crippen LogP contribution in [0, 0.1) is 0 Å². The number of fused-ring (bicyclic) bond motifs is 1. The summed E-state index contributed by atoms with van der Waals surface area (Å²) in [7, 11) is 0. The number of carbonyl (C=O) groups excluding carboxylic acids is 2. The van der Waals surface area contributed by atoms with Gasteiger partial charge < -0.3 is 19.7 Å². The van der Waals surface area contributed by atoms with E-state index in [0.717, 1.165) is 6.42 Å². The van der Waals surface area contributed by atoms with Crippen molar-refractivity contribution in [3.05, 3.63) is 82.7 Å². The van der Waals surface area contributed by atoms with Crippen LogP contribution in [0.15, 0.2) is 66.0 Å². The van der Waals surface area contributed by atoms with Gasteiger partial charge in [0.25, 0.3) is 11.5 Å². The van der Waals surface area contributed by atoms with Crippen molar-refractivity contribution in [2.75, 3.05) is 11.9 Å². The number of esters is 1. The molecule has 0 saturated carbocycles. The van der Waals surface area contributed by atoms with Gasteiger partial charge in [0.05, 0.1) is 17.7 Å². The minimum atomic E-state index is -0.748. The van der Waals surface area contributed by atoms with E-state index in [4.69, 9.17) is 4.74 Å². The third kappa shape index (κ3) is 4.10. The molecule has 0 spiro atoms. The molecule has 0 unspecified atom stereocenters. The molecule has 154 valence electrons. The Morgan fingerprint density at radius 3 is 2.53 bits per heavy atom. The van der Waals surface area contributed by atoms with E-state index in [1.54, 1.807) is 30.3 Å². The molecule has 0 radical (unpaired) electrons. The number of hydrogen-bond acceptors (Lipinski definition) is 5. The zero-order valence-corrected chi connectivity index (χ0v) is 16.6. The molecule has 0 aliphatic carbocycles. The van der Waals surface area contributed by atoms with Crippen LogP contribution in [0.5, 0.6) is 5.75 Å². The van der Waals surface area contributed by atoms with Gasteiger partial charge in [-0.15, -0.1) is 6.58 Å². The monoisotopic (exact) mass is 406 g/mol. The average Bonchev–Trinajstić information content (AvgIpc) is 2.75. The number of allylic oxidation sites excluding steroid dienone is 1. The van der Waals surface area contributed by atoms with Gasteiger partial charge in [0.1, 0.15) is 11.3 Å². The fourth-order valence-electron chi connectivity index (χ4n) is 3.07. The summed E-state index contributed by atoms with van der Waals surface area (Å²) in [5.74, 6) is -1.58. The number of pyridine rings is 1. The molecule has 3 aromatic rings. The van der Waals surface area contributed by atoms with E-state index in [-0.39, 0.29) is 17.9 Å². The maximum absolute atomic E-state index is 12.9. The molecule has 0 bridgehead atoms. The fourth-order valence-corrected chi connectivity index (χ4v) is 3.07. The summed E-state index contributed by atoms with van der Waals surface area (Å²) in [6, 6.07) is 12.9. The molecule has 3 rings (SSSR count). The summed E-state index contributed by atoms with van der Waals surface area (Å²) in [4.78, 5) is 37.6. The molecule has 1 aromatic heterocycles. The number of rotatable bonds is 7. The third-order valence-corrected chi connectivity index (χ3v) is 4.50. The predicted octanol–water partition coefficient (Wildman–Crippen LogP) is 3.71. The van der Waals surface area contributed by atoms with Crippen molar-refractivity contribution in [2.24, 2.45) is 0 Å². The number of amides is 1. The zero-order chi connectivity index (χ0) is 21.7. The highest BCUT2D eigenvalue weighted by Gasteiger charge is 2.22. The van der Waals surface area contributed by atoms with Gasteiger partial charge in [-0.1, -0.05) is 25.1 Å². The largest absolute Gasteiger partial charge is 0.506 e. The van der Waals surface area contributed by atoms with E-state index in [1.807, 2.05) is 6.92 Å². The number of nitrogens with one attached hydrogen (secondary N) is 1. The van der Waals surface area contributed by atoms with Crippen molar-refractivity contribution in [1.82, 2.24) is 4.57 Å². The van der Waals surface area contributed by atoms with E-state index in [1.165, 1.54) is 28.8 Å². The molecule has 2 aromatic carbocycles. The molecule has 0 fully saturated rings. The highest BCUT2D eigenvalue weighted by Crippen LogP contribution is 2.27. The van der Waals surface area contributed by atoms with Crippen LogP contribution < -0.4 is 10.9 Å². The first-order valence-electron chi connectivity index (χ1n) is 9.51. The number of carbonyl (C=O) groups is 2. The summed E-state index contributed by atoms with van der Waals surface area (Å²) < 4.78 is 6.44. The van der Waals surface area contributed by atoms with Gasteiger partial charge in [0.15, 0.2) is 0 Å². The fraction of sp³-hybridized carbons (Fsp3) is 0.174. The summed E-state index contributed by atoms with van der Waals surface area (Å²) in [6.45, 7) is 6.07. The number of para-hydroxylation sites is 1. The first-order valence-corrected chi connectivity index (χ1v) is 9.51. The number of ether oxygens (including phenoxy) is 1. The van der Waals surface area contributed by atoms with E-state index in [9.17, 15) is 19.5 Å². The third-order valence-electron chi connectivity index (χ3n) is 4.50. The van der Waals surface area contributed by atoms with E-state index < -0.39 is 17.4 Å². The highest BCUT2D eigenvalue weighted by molar-refractivity contribution is 6.09. The van der Waals surface area contributed by atoms with Gasteiger partial charge in [-0.25, -0.2) is 4.79 Å². The summed E-state index contributed by atoms with van der Waals surface area (Å²) >= 11 is 0. The second-order valence-electron chi connectivity index (χ2n) is 6.61. The van der Waals surface area contributed by atoms with Crippen molar-refractivity contribution in [2.45, 2.75) is 19.9 Å². The van der Waals surface area contributed by atoms with Crippen LogP contribution >= 0.6 is 0 Å². The van der Waals surface area contributed by atoms with Gasteiger partial charge >= 0.3 is 5.97 Å². The number of hydrogen-bond donors (Lipinski definition) is 2. The molecule has 0 aliphatic heterocycles. The minimum absolute atomic E-state index is 0.189. The molecular formula is C23H22N2O5. The Morgan fingerprint density at radius 2 is 1.87 bits per heavy atom. The quantitative estimate of drug-likeness (QED) is 0.460. The lowest BCUT2D eigenvalue weighted by Gasteiger charge is -2.14. The van der Waals surface area contributed by atoms with Gasteiger partial charge in [0.2, 0.25) is 0 Å². The molecule has 7 nitrogen and oxygen atoms in total. The molecule has 0 atom stereocenters. The molecule has 30 heavy (non-hydrogen) atoms. The smallest absolute Gasteiger partial charge is 0.338 e. The second-order valence-corrected chi connectivity index (χ2v) is 6.61. The number of benzene rings is 2. The lowest BCUT2D eigenvalue weighted by molar-refractivity contribution is 0.0505. The van der Waals surface area contributed by atoms with Crippen LogP contribution in [0.3, 0.4) is 0 Å². The molecule has 7 heteroatoms. The maximum Gasteiger partial charge on any atom is 0.338 e. The Morgan fingerprint density at radius 1 is 1.17 bits per heavy atom. The van der Waals surface area contributed by atoms with E-state index in [0.29, 0.717) is 28.8 Å². The summed E-state index contributed by atoms with van der Waals surface area (Å²) in [5, 5.41) is 13.6. The molecule has 0 saturated heterocycles. The van der Waals surface area contributed by atoms with Crippen LogP contribution in [0.4, 0.5) is 5.69 Å². The van der Waals surface area contributed by atoms with Gasteiger partial charge in [0, 0.05) is 17.6 Å². The first-order chi connectivity index (χ1) is 14.5. The van der Waals surface area contributed by atoms with Crippen molar-refractivity contribution < 1.29 is 19.4 Å². The van der Waals surface area contributed by atoms with Crippen molar-refractivity contribution in [3.8, 4) is 5.75 Å². The van der Waals surface area contributed by atoms with Crippen LogP contribution in [-0.2, 0) is 11.3 Å². The van der Waals surface area contributed by atoms with Crippen LogP contribution in [-0.4, -0.2) is 28.2 Å². The van der Waals surface area contributed by atoms with Crippen LogP contribution in [0.25, 0.3) is 10.9 Å². The Kier molecular flexibility index (Phi) is 6.32. The van der Waals surface area contributed by atoms with Crippen LogP contribution in [0.1, 0.15) is 34.1 Å². The lowest BCUT2D eigenvalue weighted by atomic mass is 10.1. The Hall–Kier alpha value is -3.87. The standard InChI is InChI=1S/C23H22N2O5/c1-3-13-25-18-8-6-5-7-17(18)20(26)19(22(25)28)21(27)24-16-11-9-15(10-12-16)23(29)30-14-4-2/h3,5-12,26H,1,4,13-14H2,2H3,(H,24,27).